The first-order valence-corrected chi connectivity index (χ1v) is 10.6. The summed E-state index contributed by atoms with van der Waals surface area (Å²) in [7, 11) is 0. The van der Waals surface area contributed by atoms with Crippen LogP contribution in [0.25, 0.3) is 10.9 Å². The lowest BCUT2D eigenvalue weighted by Gasteiger charge is -2.28. The summed E-state index contributed by atoms with van der Waals surface area (Å²) in [6, 6.07) is 18.3. The predicted octanol–water partition coefficient (Wildman–Crippen LogP) is 4.07. The highest BCUT2D eigenvalue weighted by molar-refractivity contribution is 6.35. The summed E-state index contributed by atoms with van der Waals surface area (Å²) < 4.78 is 5.89. The van der Waals surface area contributed by atoms with Gasteiger partial charge in [0.25, 0.3) is 5.78 Å². The average molecular weight is 418 g/mol. The standard InChI is InChI=1S/C25H26N2O4/c26-23(24(28)25(29)30)22(17-6-1-2-7-17)18-10-13-20(14-11-18)31-15-19-12-9-16-5-3-4-8-21(16)27-19/h3-5,8-14,17,22-23H,1-2,6-7,15,26H2,(H,29,30). The fourth-order valence-corrected chi connectivity index (χ4v) is 4.53. The Bertz CT molecular complexity index is 1070. The van der Waals surface area contributed by atoms with E-state index in [2.05, 4.69) is 4.98 Å². The maximum atomic E-state index is 12.1. The number of rotatable bonds is 8. The van der Waals surface area contributed by atoms with Crippen LogP contribution in [0.1, 0.15) is 42.9 Å². The molecule has 0 saturated heterocycles. The number of Topliss-reactive ketones (excluding diaryl/α,β-unsaturated/α-hetero) is 1. The van der Waals surface area contributed by atoms with E-state index in [-0.39, 0.29) is 11.8 Å². The van der Waals surface area contributed by atoms with E-state index in [1.807, 2.05) is 60.7 Å². The molecule has 1 aliphatic carbocycles. The van der Waals surface area contributed by atoms with Crippen LogP contribution in [0.15, 0.2) is 60.7 Å². The molecule has 4 rings (SSSR count). The van der Waals surface area contributed by atoms with Gasteiger partial charge in [-0.1, -0.05) is 49.2 Å². The number of ketones is 1. The van der Waals surface area contributed by atoms with E-state index in [9.17, 15) is 9.59 Å². The number of aliphatic carboxylic acids is 1. The largest absolute Gasteiger partial charge is 0.487 e. The molecule has 1 fully saturated rings. The van der Waals surface area contributed by atoms with Gasteiger partial charge in [0.15, 0.2) is 0 Å². The Kier molecular flexibility index (Phi) is 6.28. The topological polar surface area (TPSA) is 103 Å². The van der Waals surface area contributed by atoms with Crippen molar-refractivity contribution in [2.75, 3.05) is 0 Å². The SMILES string of the molecule is NC(C(=O)C(=O)O)C(c1ccc(OCc2ccc3ccccc3n2)cc1)C1CCCC1. The number of nitrogens with zero attached hydrogens (tertiary/aromatic N) is 1. The molecule has 1 aromatic heterocycles. The van der Waals surface area contributed by atoms with Gasteiger partial charge in [-0.05, 0) is 48.6 Å². The minimum Gasteiger partial charge on any atom is -0.487 e. The second-order valence-electron chi connectivity index (χ2n) is 8.12. The molecule has 2 atom stereocenters. The Balaban J connectivity index is 1.48. The molecule has 3 N–H and O–H groups in total. The molecule has 6 heteroatoms. The van der Waals surface area contributed by atoms with Crippen LogP contribution in [0.4, 0.5) is 0 Å². The Labute approximate surface area is 181 Å². The molecule has 3 aromatic rings. The number of pyridine rings is 1. The zero-order chi connectivity index (χ0) is 21.8. The summed E-state index contributed by atoms with van der Waals surface area (Å²) in [5.41, 5.74) is 8.76. The van der Waals surface area contributed by atoms with Gasteiger partial charge in [0, 0.05) is 11.3 Å². The van der Waals surface area contributed by atoms with Gasteiger partial charge in [0.1, 0.15) is 12.4 Å². The highest BCUT2D eigenvalue weighted by Crippen LogP contribution is 2.39. The summed E-state index contributed by atoms with van der Waals surface area (Å²) in [5, 5.41) is 10.2. The number of carboxylic acids is 1. The zero-order valence-corrected chi connectivity index (χ0v) is 17.2. The Morgan fingerprint density at radius 3 is 2.45 bits per heavy atom. The summed E-state index contributed by atoms with van der Waals surface area (Å²) in [5.74, 6) is -1.81. The molecule has 1 saturated carbocycles. The molecule has 2 aromatic carbocycles. The lowest BCUT2D eigenvalue weighted by Crippen LogP contribution is -2.43. The van der Waals surface area contributed by atoms with Crippen LogP contribution in [-0.4, -0.2) is 27.9 Å². The molecule has 160 valence electrons. The van der Waals surface area contributed by atoms with Crippen molar-refractivity contribution in [1.29, 1.82) is 0 Å². The molecular formula is C25H26N2O4. The number of benzene rings is 2. The maximum absolute atomic E-state index is 12.1. The van der Waals surface area contributed by atoms with Gasteiger partial charge in [0.2, 0.25) is 0 Å². The van der Waals surface area contributed by atoms with E-state index in [1.165, 1.54) is 0 Å². The third-order valence-electron chi connectivity index (χ3n) is 6.12. The van der Waals surface area contributed by atoms with Crippen LogP contribution in [0.5, 0.6) is 5.75 Å². The highest BCUT2D eigenvalue weighted by Gasteiger charge is 2.36. The fraction of sp³-hybridized carbons (Fsp3) is 0.320. The van der Waals surface area contributed by atoms with Gasteiger partial charge in [0.05, 0.1) is 17.3 Å². The number of carbonyl (C=O) groups is 2. The number of para-hydroxylation sites is 1. The average Bonchev–Trinajstić information content (AvgIpc) is 3.32. The van der Waals surface area contributed by atoms with Crippen LogP contribution >= 0.6 is 0 Å². The van der Waals surface area contributed by atoms with Crippen molar-refractivity contribution in [1.82, 2.24) is 4.98 Å². The quantitative estimate of drug-likeness (QED) is 0.535. The van der Waals surface area contributed by atoms with Crippen LogP contribution in [0.2, 0.25) is 0 Å². The van der Waals surface area contributed by atoms with E-state index < -0.39 is 17.8 Å². The Morgan fingerprint density at radius 2 is 1.74 bits per heavy atom. The van der Waals surface area contributed by atoms with Crippen molar-refractivity contribution >= 4 is 22.7 Å². The lowest BCUT2D eigenvalue weighted by molar-refractivity contribution is -0.150. The first kappa shape index (κ1) is 21.0. The van der Waals surface area contributed by atoms with Gasteiger partial charge in [-0.3, -0.25) is 4.79 Å². The normalized spacial score (nSPS) is 16.2. The molecule has 1 heterocycles. The number of hydrogen-bond donors (Lipinski definition) is 2. The van der Waals surface area contributed by atoms with Gasteiger partial charge in [-0.15, -0.1) is 0 Å². The highest BCUT2D eigenvalue weighted by atomic mass is 16.5. The van der Waals surface area contributed by atoms with Gasteiger partial charge in [-0.25, -0.2) is 9.78 Å². The number of carboxylic acid groups (broad SMARTS) is 1. The van der Waals surface area contributed by atoms with Crippen molar-refractivity contribution in [3.63, 3.8) is 0 Å². The minimum atomic E-state index is -1.47. The maximum Gasteiger partial charge on any atom is 0.373 e. The van der Waals surface area contributed by atoms with E-state index in [0.717, 1.165) is 47.8 Å². The number of ether oxygens (including phenoxy) is 1. The number of nitrogens with two attached hydrogens (primary N) is 1. The number of aromatic nitrogens is 1. The molecule has 0 aliphatic heterocycles. The lowest BCUT2D eigenvalue weighted by atomic mass is 9.78. The minimum absolute atomic E-state index is 0.215. The third kappa shape index (κ3) is 4.75. The van der Waals surface area contributed by atoms with Crippen LogP contribution in [0, 0.1) is 5.92 Å². The number of fused-ring (bicyclic) bond motifs is 1. The molecule has 0 bridgehead atoms. The van der Waals surface area contributed by atoms with Crippen LogP contribution < -0.4 is 10.5 Å². The molecule has 2 unspecified atom stereocenters. The van der Waals surface area contributed by atoms with Crippen LogP contribution in [0.3, 0.4) is 0 Å². The molecule has 0 radical (unpaired) electrons. The fourth-order valence-electron chi connectivity index (χ4n) is 4.53. The zero-order valence-electron chi connectivity index (χ0n) is 17.2. The number of hydrogen-bond acceptors (Lipinski definition) is 5. The van der Waals surface area contributed by atoms with Crippen molar-refractivity contribution in [2.24, 2.45) is 11.7 Å². The molecule has 1 aliphatic rings. The molecule has 6 nitrogen and oxygen atoms in total. The molecule has 0 amide bonds. The van der Waals surface area contributed by atoms with Crippen molar-refractivity contribution in [2.45, 2.75) is 44.2 Å². The second-order valence-corrected chi connectivity index (χ2v) is 8.12. The molecule has 0 spiro atoms. The monoisotopic (exact) mass is 418 g/mol. The Morgan fingerprint density at radius 1 is 1.03 bits per heavy atom. The molecular weight excluding hydrogens is 392 g/mol. The van der Waals surface area contributed by atoms with E-state index >= 15 is 0 Å². The Hall–Kier alpha value is -3.25. The second kappa shape index (κ2) is 9.27. The summed E-state index contributed by atoms with van der Waals surface area (Å²) in [6.07, 6.45) is 4.07. The predicted molar refractivity (Wildman–Crippen MR) is 118 cm³/mol. The number of carbonyl (C=O) groups excluding carboxylic acids is 1. The van der Waals surface area contributed by atoms with Crippen molar-refractivity contribution < 1.29 is 19.4 Å². The summed E-state index contributed by atoms with van der Waals surface area (Å²) in [4.78, 5) is 27.9. The third-order valence-corrected chi connectivity index (χ3v) is 6.12. The summed E-state index contributed by atoms with van der Waals surface area (Å²) >= 11 is 0. The first-order chi connectivity index (χ1) is 15.0. The van der Waals surface area contributed by atoms with E-state index in [1.54, 1.807) is 0 Å². The smallest absolute Gasteiger partial charge is 0.373 e. The van der Waals surface area contributed by atoms with Gasteiger partial charge < -0.3 is 15.6 Å². The first-order valence-electron chi connectivity index (χ1n) is 10.6. The van der Waals surface area contributed by atoms with E-state index in [4.69, 9.17) is 15.6 Å². The van der Waals surface area contributed by atoms with E-state index in [0.29, 0.717) is 12.4 Å². The van der Waals surface area contributed by atoms with Crippen LogP contribution in [-0.2, 0) is 16.2 Å². The molecule has 31 heavy (non-hydrogen) atoms. The van der Waals surface area contributed by atoms with Crippen molar-refractivity contribution in [3.8, 4) is 5.75 Å². The summed E-state index contributed by atoms with van der Waals surface area (Å²) in [6.45, 7) is 0.341. The van der Waals surface area contributed by atoms with Crippen molar-refractivity contribution in [3.05, 3.63) is 71.9 Å². The van der Waals surface area contributed by atoms with Gasteiger partial charge >= 0.3 is 5.97 Å². The van der Waals surface area contributed by atoms with Gasteiger partial charge in [-0.2, -0.15) is 0 Å².